The van der Waals surface area contributed by atoms with E-state index in [-0.39, 0.29) is 23.2 Å². The summed E-state index contributed by atoms with van der Waals surface area (Å²) in [6, 6.07) is 10.3. The molecule has 0 aliphatic carbocycles. The maximum absolute atomic E-state index is 13.7. The number of nitrogens with zero attached hydrogens (tertiary/aromatic N) is 5. The van der Waals surface area contributed by atoms with Gasteiger partial charge in [-0.15, -0.1) is 12.4 Å². The molecule has 0 N–H and O–H groups in total. The number of anilines is 1. The molecule has 2 aromatic heterocycles. The number of rotatable bonds is 6. The van der Waals surface area contributed by atoms with Gasteiger partial charge >= 0.3 is 0 Å². The molecule has 5 rings (SSSR count). The van der Waals surface area contributed by atoms with E-state index in [1.807, 2.05) is 6.07 Å². The Hall–Kier alpha value is -2.70. The molecule has 12 heteroatoms. The zero-order chi connectivity index (χ0) is 23.7. The van der Waals surface area contributed by atoms with Gasteiger partial charge in [0, 0.05) is 50.4 Å². The van der Waals surface area contributed by atoms with Gasteiger partial charge in [-0.2, -0.15) is 0 Å². The second-order valence-electron chi connectivity index (χ2n) is 8.04. The fraction of sp³-hybridized carbons (Fsp3) is 0.304. The number of carbonyl (C=O) groups is 1. The number of benzene rings is 2. The van der Waals surface area contributed by atoms with E-state index < -0.39 is 9.84 Å². The Labute approximate surface area is 213 Å². The molecule has 0 radical (unpaired) electrons. The van der Waals surface area contributed by atoms with Crippen LogP contribution in [-0.2, 0) is 14.6 Å². The molecule has 4 aromatic rings. The molecule has 1 amide bonds. The van der Waals surface area contributed by atoms with Crippen LogP contribution >= 0.6 is 23.7 Å². The zero-order valence-electron chi connectivity index (χ0n) is 19.0. The van der Waals surface area contributed by atoms with Crippen molar-refractivity contribution in [1.82, 2.24) is 19.9 Å². The Balaban J connectivity index is 0.00000289. The summed E-state index contributed by atoms with van der Waals surface area (Å²) in [6.45, 7) is 3.98. The Morgan fingerprint density at radius 3 is 2.60 bits per heavy atom. The van der Waals surface area contributed by atoms with E-state index in [0.29, 0.717) is 58.2 Å². The SMILES string of the molecule is CS(=O)(=O)c1cccc2sc(N(CCN3CCOCC3)C(=O)c3ccc4nccnc4c3)nc12.Cl. The van der Waals surface area contributed by atoms with Crippen LogP contribution in [0.1, 0.15) is 10.4 Å². The number of thiazole rings is 1. The highest BCUT2D eigenvalue weighted by Crippen LogP contribution is 2.33. The second kappa shape index (κ2) is 10.5. The predicted octanol–water partition coefficient (Wildman–Crippen LogP) is 3.04. The molecule has 1 aliphatic heterocycles. The van der Waals surface area contributed by atoms with Crippen molar-refractivity contribution in [2.75, 3.05) is 50.5 Å². The minimum atomic E-state index is -3.46. The molecule has 1 saturated heterocycles. The topological polar surface area (TPSA) is 106 Å². The van der Waals surface area contributed by atoms with E-state index in [1.54, 1.807) is 47.6 Å². The van der Waals surface area contributed by atoms with Crippen LogP contribution in [0.25, 0.3) is 21.3 Å². The molecule has 1 aliphatic rings. The molecule has 1 fully saturated rings. The number of aromatic nitrogens is 3. The lowest BCUT2D eigenvalue weighted by Crippen LogP contribution is -2.43. The Kier molecular flexibility index (Phi) is 7.62. The lowest BCUT2D eigenvalue weighted by Gasteiger charge is -2.29. The Morgan fingerprint density at radius 1 is 1.11 bits per heavy atom. The van der Waals surface area contributed by atoms with Crippen LogP contribution in [0.4, 0.5) is 5.13 Å². The zero-order valence-corrected chi connectivity index (χ0v) is 21.4. The molecule has 3 heterocycles. The first kappa shape index (κ1) is 25.4. The number of fused-ring (bicyclic) bond motifs is 2. The van der Waals surface area contributed by atoms with Gasteiger partial charge in [-0.25, -0.2) is 13.4 Å². The van der Waals surface area contributed by atoms with Gasteiger partial charge in [0.25, 0.3) is 5.91 Å². The van der Waals surface area contributed by atoms with E-state index in [2.05, 4.69) is 19.9 Å². The molecular weight excluding hydrogens is 510 g/mol. The number of sulfone groups is 1. The fourth-order valence-corrected chi connectivity index (χ4v) is 5.84. The van der Waals surface area contributed by atoms with E-state index in [4.69, 9.17) is 4.74 Å². The highest BCUT2D eigenvalue weighted by atomic mass is 35.5. The second-order valence-corrected chi connectivity index (χ2v) is 11.0. The average Bonchev–Trinajstić information content (AvgIpc) is 3.27. The minimum Gasteiger partial charge on any atom is -0.379 e. The van der Waals surface area contributed by atoms with E-state index in [0.717, 1.165) is 19.3 Å². The molecule has 9 nitrogen and oxygen atoms in total. The smallest absolute Gasteiger partial charge is 0.260 e. The number of hydrogen-bond donors (Lipinski definition) is 0. The summed E-state index contributed by atoms with van der Waals surface area (Å²) in [7, 11) is -3.46. The summed E-state index contributed by atoms with van der Waals surface area (Å²) in [6.07, 6.45) is 4.37. The van der Waals surface area contributed by atoms with Crippen molar-refractivity contribution in [1.29, 1.82) is 0 Å². The maximum Gasteiger partial charge on any atom is 0.260 e. The Bertz CT molecular complexity index is 1470. The molecular formula is C23H24ClN5O4S2. The summed E-state index contributed by atoms with van der Waals surface area (Å²) >= 11 is 1.31. The van der Waals surface area contributed by atoms with Gasteiger partial charge in [0.15, 0.2) is 15.0 Å². The summed E-state index contributed by atoms with van der Waals surface area (Å²) in [5, 5.41) is 0.462. The molecule has 2 aromatic carbocycles. The standard InChI is InChI=1S/C23H23N5O4S2.ClH/c1-34(30,31)20-4-2-3-19-21(20)26-23(33-19)28(10-9-27-11-13-32-14-12-27)22(29)16-5-6-17-18(15-16)25-8-7-24-17;/h2-8,15H,9-14H2,1H3;1H. The van der Waals surface area contributed by atoms with Gasteiger partial charge < -0.3 is 4.74 Å². The molecule has 184 valence electrons. The lowest BCUT2D eigenvalue weighted by molar-refractivity contribution is 0.0391. The van der Waals surface area contributed by atoms with Crippen molar-refractivity contribution >= 4 is 65.9 Å². The van der Waals surface area contributed by atoms with E-state index >= 15 is 0 Å². The van der Waals surface area contributed by atoms with Crippen molar-refractivity contribution < 1.29 is 17.9 Å². The average molecular weight is 534 g/mol. The van der Waals surface area contributed by atoms with Crippen LogP contribution in [0.2, 0.25) is 0 Å². The van der Waals surface area contributed by atoms with Gasteiger partial charge in [0.05, 0.1) is 33.8 Å². The maximum atomic E-state index is 13.7. The van der Waals surface area contributed by atoms with E-state index in [9.17, 15) is 13.2 Å². The first-order valence-corrected chi connectivity index (χ1v) is 13.5. The van der Waals surface area contributed by atoms with Crippen molar-refractivity contribution in [2.24, 2.45) is 0 Å². The first-order chi connectivity index (χ1) is 16.4. The molecule has 0 unspecified atom stereocenters. The number of carbonyl (C=O) groups excluding carboxylic acids is 1. The summed E-state index contributed by atoms with van der Waals surface area (Å²) in [5.41, 5.74) is 2.19. The van der Waals surface area contributed by atoms with Crippen LogP contribution in [0.3, 0.4) is 0 Å². The third-order valence-corrected chi connectivity index (χ3v) is 7.88. The van der Waals surface area contributed by atoms with E-state index in [1.165, 1.54) is 11.3 Å². The largest absolute Gasteiger partial charge is 0.379 e. The third kappa shape index (κ3) is 5.44. The van der Waals surface area contributed by atoms with Crippen LogP contribution in [-0.4, -0.2) is 79.8 Å². The van der Waals surface area contributed by atoms with Crippen molar-refractivity contribution in [3.05, 3.63) is 54.4 Å². The van der Waals surface area contributed by atoms with Gasteiger partial charge in [0.1, 0.15) is 5.52 Å². The monoisotopic (exact) mass is 533 g/mol. The van der Waals surface area contributed by atoms with Crippen molar-refractivity contribution in [3.63, 3.8) is 0 Å². The number of hydrogen-bond acceptors (Lipinski definition) is 9. The fourth-order valence-electron chi connectivity index (χ4n) is 3.93. The minimum absolute atomic E-state index is 0. The summed E-state index contributed by atoms with van der Waals surface area (Å²) < 4.78 is 30.7. The molecule has 35 heavy (non-hydrogen) atoms. The number of para-hydroxylation sites is 1. The first-order valence-electron chi connectivity index (χ1n) is 10.8. The van der Waals surface area contributed by atoms with Crippen molar-refractivity contribution in [3.8, 4) is 0 Å². The van der Waals surface area contributed by atoms with Crippen molar-refractivity contribution in [2.45, 2.75) is 4.90 Å². The highest BCUT2D eigenvalue weighted by Gasteiger charge is 2.25. The van der Waals surface area contributed by atoms with Gasteiger partial charge in [-0.05, 0) is 30.3 Å². The van der Waals surface area contributed by atoms with Crippen LogP contribution in [0, 0.1) is 0 Å². The number of ether oxygens (including phenoxy) is 1. The quantitative estimate of drug-likeness (QED) is 0.372. The summed E-state index contributed by atoms with van der Waals surface area (Å²) in [4.78, 5) is 30.9. The summed E-state index contributed by atoms with van der Waals surface area (Å²) in [5.74, 6) is -0.222. The van der Waals surface area contributed by atoms with Crippen LogP contribution in [0.5, 0.6) is 0 Å². The normalized spacial score (nSPS) is 14.7. The molecule has 0 saturated carbocycles. The third-order valence-electron chi connectivity index (χ3n) is 5.71. The highest BCUT2D eigenvalue weighted by molar-refractivity contribution is 7.91. The van der Waals surface area contributed by atoms with Crippen LogP contribution < -0.4 is 4.90 Å². The Morgan fingerprint density at radius 2 is 1.86 bits per heavy atom. The molecule has 0 spiro atoms. The molecule has 0 atom stereocenters. The number of halogens is 1. The van der Waals surface area contributed by atoms with Gasteiger partial charge in [-0.3, -0.25) is 24.6 Å². The predicted molar refractivity (Wildman–Crippen MR) is 138 cm³/mol. The van der Waals surface area contributed by atoms with Crippen LogP contribution in [0.15, 0.2) is 53.7 Å². The van der Waals surface area contributed by atoms with Gasteiger partial charge in [0.2, 0.25) is 0 Å². The number of amides is 1. The lowest BCUT2D eigenvalue weighted by atomic mass is 10.1. The molecule has 0 bridgehead atoms. The number of morpholine rings is 1. The van der Waals surface area contributed by atoms with Gasteiger partial charge in [-0.1, -0.05) is 17.4 Å².